The molecule has 0 radical (unpaired) electrons. The normalized spacial score (nSPS) is 14.3. The lowest BCUT2D eigenvalue weighted by Gasteiger charge is -2.38. The average Bonchev–Trinajstić information content (AvgIpc) is 3.98. The summed E-state index contributed by atoms with van der Waals surface area (Å²) in [5, 5.41) is 19.6. The minimum atomic E-state index is -0.516. The summed E-state index contributed by atoms with van der Waals surface area (Å²) in [6.07, 6.45) is 14.9. The lowest BCUT2D eigenvalue weighted by atomic mass is 9.89. The molecule has 18 nitrogen and oxygen atoms in total. The molecule has 1 saturated heterocycles. The van der Waals surface area contributed by atoms with Crippen LogP contribution in [0.15, 0.2) is 97.1 Å². The van der Waals surface area contributed by atoms with Crippen LogP contribution >= 0.6 is 11.3 Å². The highest BCUT2D eigenvalue weighted by atomic mass is 32.1. The van der Waals surface area contributed by atoms with Gasteiger partial charge in [0.15, 0.2) is 5.13 Å². The predicted octanol–water partition coefficient (Wildman–Crippen LogP) is 7.54. The van der Waals surface area contributed by atoms with Crippen molar-refractivity contribution in [2.24, 2.45) is 5.92 Å². The van der Waals surface area contributed by atoms with Crippen LogP contribution in [0.3, 0.4) is 0 Å². The van der Waals surface area contributed by atoms with Gasteiger partial charge in [-0.2, -0.15) is 0 Å². The molecule has 1 unspecified atom stereocenters. The van der Waals surface area contributed by atoms with E-state index in [0.29, 0.717) is 115 Å². The van der Waals surface area contributed by atoms with Gasteiger partial charge in [0, 0.05) is 62.5 Å². The van der Waals surface area contributed by atoms with Crippen LogP contribution in [0, 0.1) is 5.92 Å². The van der Waals surface area contributed by atoms with Crippen LogP contribution < -0.4 is 25.4 Å². The summed E-state index contributed by atoms with van der Waals surface area (Å²) in [7, 11) is 2.10. The number of likely N-dealkylation sites (N-methyl/N-ethyl adjacent to an activating group) is 1. The Bertz CT molecular complexity index is 2330. The molecule has 74 heavy (non-hydrogen) atoms. The Balaban J connectivity index is 0.738. The van der Waals surface area contributed by atoms with E-state index in [9.17, 15) is 14.4 Å². The number of allylic oxidation sites excluding steroid dienone is 2. The Morgan fingerprint density at radius 2 is 1.55 bits per heavy atom. The van der Waals surface area contributed by atoms with Crippen molar-refractivity contribution in [2.45, 2.75) is 89.8 Å². The van der Waals surface area contributed by atoms with Gasteiger partial charge in [0.25, 0.3) is 0 Å². The third-order valence-corrected chi connectivity index (χ3v) is 13.4. The van der Waals surface area contributed by atoms with Gasteiger partial charge in [-0.05, 0) is 118 Å². The SMILES string of the molecule is C=C/C=C(\C=C)CNC(=O)C(C1CCOCC1)N(C(=O)CCc1ccc(OCCCCN(C)CCOCCOCCc2cn(CCOCCOc3ccc(NC(=O)Nc4nc(CC)cs4)cc3)nn2)cc1)C1CC1. The van der Waals surface area contributed by atoms with Crippen molar-refractivity contribution in [3.05, 3.63) is 114 Å². The number of aryl methyl sites for hydroxylation is 2. The number of nitrogens with zero attached hydrogens (tertiary/aromatic N) is 6. The maximum Gasteiger partial charge on any atom is 0.325 e. The summed E-state index contributed by atoms with van der Waals surface area (Å²) >= 11 is 1.40. The van der Waals surface area contributed by atoms with Crippen molar-refractivity contribution < 1.29 is 42.8 Å². The zero-order chi connectivity index (χ0) is 52.2. The lowest BCUT2D eigenvalue weighted by Crippen LogP contribution is -2.55. The molecule has 402 valence electrons. The van der Waals surface area contributed by atoms with Gasteiger partial charge in [0.05, 0.1) is 64.2 Å². The number of anilines is 2. The lowest BCUT2D eigenvalue weighted by molar-refractivity contribution is -0.144. The fourth-order valence-electron chi connectivity index (χ4n) is 8.28. The first-order valence-corrected chi connectivity index (χ1v) is 27.0. The Hall–Kier alpha value is -5.96. The first-order chi connectivity index (χ1) is 36.2. The fraction of sp³-hybridized carbons (Fsp3) is 0.527. The number of hydrogen-bond acceptors (Lipinski definition) is 14. The highest BCUT2D eigenvalue weighted by Crippen LogP contribution is 2.35. The van der Waals surface area contributed by atoms with Crippen LogP contribution in [-0.2, 0) is 54.3 Å². The zero-order valence-corrected chi connectivity index (χ0v) is 44.2. The zero-order valence-electron chi connectivity index (χ0n) is 43.4. The quantitative estimate of drug-likeness (QED) is 0.0299. The monoisotopic (exact) mass is 1040 g/mol. The number of benzene rings is 2. The summed E-state index contributed by atoms with van der Waals surface area (Å²) in [5.41, 5.74) is 4.38. The van der Waals surface area contributed by atoms with Crippen LogP contribution in [0.4, 0.5) is 15.6 Å². The summed E-state index contributed by atoms with van der Waals surface area (Å²) in [4.78, 5) is 48.4. The number of carbonyl (C=O) groups excluding carboxylic acids is 3. The molecule has 2 aliphatic rings. The van der Waals surface area contributed by atoms with E-state index in [4.69, 9.17) is 28.4 Å². The van der Waals surface area contributed by atoms with Crippen LogP contribution in [0.25, 0.3) is 0 Å². The number of hydrogen-bond donors (Lipinski definition) is 3. The van der Waals surface area contributed by atoms with Gasteiger partial charge < -0.3 is 48.9 Å². The first kappa shape index (κ1) is 57.3. The number of unbranched alkanes of at least 4 members (excludes halogenated alkanes) is 1. The minimum absolute atomic E-state index is 0.0273. The number of thiazole rings is 1. The fourth-order valence-corrected chi connectivity index (χ4v) is 9.07. The molecule has 1 saturated carbocycles. The summed E-state index contributed by atoms with van der Waals surface area (Å²) < 4.78 is 36.5. The van der Waals surface area contributed by atoms with E-state index in [0.717, 1.165) is 86.3 Å². The van der Waals surface area contributed by atoms with Gasteiger partial charge in [-0.3, -0.25) is 14.9 Å². The van der Waals surface area contributed by atoms with Crippen molar-refractivity contribution in [1.29, 1.82) is 0 Å². The second-order valence-corrected chi connectivity index (χ2v) is 19.2. The Kier molecular flexibility index (Phi) is 25.1. The third kappa shape index (κ3) is 20.7. The Morgan fingerprint density at radius 1 is 0.838 bits per heavy atom. The van der Waals surface area contributed by atoms with E-state index in [2.05, 4.69) is 56.4 Å². The molecule has 3 N–H and O–H groups in total. The molecule has 4 amide bonds. The van der Waals surface area contributed by atoms with E-state index in [-0.39, 0.29) is 29.8 Å². The molecule has 2 aromatic heterocycles. The minimum Gasteiger partial charge on any atom is -0.494 e. The topological polar surface area (TPSA) is 193 Å². The second-order valence-electron chi connectivity index (χ2n) is 18.3. The molecule has 0 bridgehead atoms. The molecule has 3 heterocycles. The van der Waals surface area contributed by atoms with Crippen LogP contribution in [0.2, 0.25) is 0 Å². The smallest absolute Gasteiger partial charge is 0.325 e. The number of nitrogens with one attached hydrogen (secondary N) is 3. The van der Waals surface area contributed by atoms with E-state index in [1.54, 1.807) is 41.1 Å². The molecule has 6 rings (SSSR count). The van der Waals surface area contributed by atoms with Gasteiger partial charge in [0.1, 0.15) is 24.1 Å². The van der Waals surface area contributed by atoms with Crippen molar-refractivity contribution >= 4 is 40.0 Å². The number of urea groups is 1. The number of carbonyl (C=O) groups is 3. The first-order valence-electron chi connectivity index (χ1n) is 26.1. The largest absolute Gasteiger partial charge is 0.494 e. The van der Waals surface area contributed by atoms with Crippen LogP contribution in [0.5, 0.6) is 11.5 Å². The van der Waals surface area contributed by atoms with E-state index >= 15 is 0 Å². The average molecular weight is 1040 g/mol. The molecule has 1 aliphatic heterocycles. The van der Waals surface area contributed by atoms with Crippen molar-refractivity contribution in [2.75, 3.05) is 103 Å². The van der Waals surface area contributed by atoms with Gasteiger partial charge in [-0.25, -0.2) is 14.5 Å². The number of ether oxygens (including phenoxy) is 6. The maximum absolute atomic E-state index is 13.9. The highest BCUT2D eigenvalue weighted by Gasteiger charge is 2.44. The molecule has 19 heteroatoms. The molecular formula is C55H77N9O9S. The molecule has 1 aliphatic carbocycles. The Labute approximate surface area is 440 Å². The van der Waals surface area contributed by atoms with Gasteiger partial charge >= 0.3 is 6.03 Å². The van der Waals surface area contributed by atoms with E-state index < -0.39 is 6.04 Å². The number of aromatic nitrogens is 4. The van der Waals surface area contributed by atoms with E-state index in [1.165, 1.54) is 11.3 Å². The standard InChI is InChI=1S/C55H77N9O9S/c1-5-10-42(6-2)39-56-53(66)52(44-23-30-68-31-24-44)64(48-16-17-48)51(65)22-13-43-11-18-49(19-12-43)72-29-9-8-26-62(4)27-33-70-36-35-69-32-25-47-40-63(61-60-47)28-34-71-37-38-73-50-20-14-46(15-21-50)57-54(67)59-55-58-45(7-3)41-74-55/h5-6,10-12,14-15,18-21,40-41,44,48,52H,1-2,7-9,13,16-17,22-39H2,3-4H3,(H,56,66)(H2,57,58,59,67)/b42-10+. The maximum atomic E-state index is 13.9. The molecule has 1 atom stereocenters. The van der Waals surface area contributed by atoms with Crippen molar-refractivity contribution in [3.63, 3.8) is 0 Å². The Morgan fingerprint density at radius 3 is 2.27 bits per heavy atom. The molecular weight excluding hydrogens is 963 g/mol. The molecule has 4 aromatic rings. The van der Waals surface area contributed by atoms with Crippen molar-refractivity contribution in [1.82, 2.24) is 35.1 Å². The molecule has 2 aromatic carbocycles. The van der Waals surface area contributed by atoms with E-state index in [1.807, 2.05) is 53.7 Å². The summed E-state index contributed by atoms with van der Waals surface area (Å²) in [6, 6.07) is 14.4. The van der Waals surface area contributed by atoms with Gasteiger partial charge in [0.2, 0.25) is 11.8 Å². The summed E-state index contributed by atoms with van der Waals surface area (Å²) in [5.74, 6) is 1.47. The number of amides is 4. The van der Waals surface area contributed by atoms with Crippen LogP contribution in [0.1, 0.15) is 68.8 Å². The highest BCUT2D eigenvalue weighted by molar-refractivity contribution is 7.13. The van der Waals surface area contributed by atoms with Crippen molar-refractivity contribution in [3.8, 4) is 11.5 Å². The van der Waals surface area contributed by atoms with Crippen LogP contribution in [-0.4, -0.2) is 152 Å². The second kappa shape index (κ2) is 32.4. The molecule has 0 spiro atoms. The van der Waals surface area contributed by atoms with Gasteiger partial charge in [-0.1, -0.05) is 55.7 Å². The predicted molar refractivity (Wildman–Crippen MR) is 288 cm³/mol. The molecule has 2 fully saturated rings. The number of rotatable bonds is 36. The summed E-state index contributed by atoms with van der Waals surface area (Å²) in [6.45, 7) is 17.6. The third-order valence-electron chi connectivity index (χ3n) is 12.6. The van der Waals surface area contributed by atoms with Gasteiger partial charge in [-0.15, -0.1) is 16.4 Å².